The lowest BCUT2D eigenvalue weighted by Crippen LogP contribution is -2.39. The highest BCUT2D eigenvalue weighted by molar-refractivity contribution is 9.10. The molecule has 0 saturated carbocycles. The fourth-order valence-corrected chi connectivity index (χ4v) is 4.70. The van der Waals surface area contributed by atoms with Crippen LogP contribution in [0, 0.1) is 6.92 Å². The lowest BCUT2D eigenvalue weighted by molar-refractivity contribution is -0.121. The van der Waals surface area contributed by atoms with E-state index in [-0.39, 0.29) is 22.9 Å². The second-order valence-corrected chi connectivity index (χ2v) is 10.3. The van der Waals surface area contributed by atoms with Crippen LogP contribution in [0.2, 0.25) is 0 Å². The number of carbonyl (C=O) groups excluding carboxylic acids is 1. The normalized spacial score (nSPS) is 11.6. The van der Waals surface area contributed by atoms with Crippen LogP contribution in [0.3, 0.4) is 0 Å². The number of carbonyl (C=O) groups is 1. The van der Waals surface area contributed by atoms with Crippen molar-refractivity contribution in [1.82, 2.24) is 9.73 Å². The molecule has 0 aromatic heterocycles. The molecule has 0 bridgehead atoms. The van der Waals surface area contributed by atoms with Crippen molar-refractivity contribution in [2.75, 3.05) is 13.7 Å². The van der Waals surface area contributed by atoms with E-state index < -0.39 is 22.5 Å². The van der Waals surface area contributed by atoms with Crippen molar-refractivity contribution in [2.45, 2.75) is 18.4 Å². The van der Waals surface area contributed by atoms with Gasteiger partial charge in [0.25, 0.3) is 5.91 Å². The summed E-state index contributed by atoms with van der Waals surface area (Å²) in [6.07, 6.45) is 1.25. The summed E-state index contributed by atoms with van der Waals surface area (Å²) in [6.45, 7) is 1.49. The van der Waals surface area contributed by atoms with Crippen LogP contribution >= 0.6 is 15.9 Å². The van der Waals surface area contributed by atoms with E-state index in [1.165, 1.54) is 25.5 Å². The summed E-state index contributed by atoms with van der Waals surface area (Å²) < 4.78 is 33.5. The highest BCUT2D eigenvalue weighted by Crippen LogP contribution is 2.28. The van der Waals surface area contributed by atoms with Crippen LogP contribution in [0.25, 0.3) is 0 Å². The summed E-state index contributed by atoms with van der Waals surface area (Å²) in [6, 6.07) is 18.4. The maximum Gasteiger partial charge on any atom is 0.255 e. The highest BCUT2D eigenvalue weighted by Gasteiger charge is 2.27. The Balaban J connectivity index is 1.79. The summed E-state index contributed by atoms with van der Waals surface area (Å²) >= 11 is 3.30. The van der Waals surface area contributed by atoms with Crippen molar-refractivity contribution in [1.29, 1.82) is 0 Å². The van der Waals surface area contributed by atoms with E-state index in [0.29, 0.717) is 5.56 Å². The van der Waals surface area contributed by atoms with Gasteiger partial charge in [-0.2, -0.15) is 9.41 Å². The van der Waals surface area contributed by atoms with Gasteiger partial charge in [-0.05, 0) is 48.9 Å². The lowest BCUT2D eigenvalue weighted by Gasteiger charge is -2.21. The maximum atomic E-state index is 13.3. The molecule has 3 rings (SSSR count). The van der Waals surface area contributed by atoms with Gasteiger partial charge in [0.15, 0.2) is 11.5 Å². The zero-order valence-electron chi connectivity index (χ0n) is 18.6. The van der Waals surface area contributed by atoms with E-state index in [0.717, 1.165) is 19.9 Å². The van der Waals surface area contributed by atoms with Gasteiger partial charge in [0.1, 0.15) is 0 Å². The fourth-order valence-electron chi connectivity index (χ4n) is 3.06. The number of hydrogen-bond donors (Lipinski definition) is 2. The van der Waals surface area contributed by atoms with E-state index in [9.17, 15) is 18.3 Å². The van der Waals surface area contributed by atoms with Crippen LogP contribution in [0.15, 0.2) is 81.2 Å². The molecule has 0 aliphatic heterocycles. The molecule has 178 valence electrons. The smallest absolute Gasteiger partial charge is 0.255 e. The van der Waals surface area contributed by atoms with Crippen LogP contribution in [0.1, 0.15) is 16.7 Å². The van der Waals surface area contributed by atoms with Crippen LogP contribution in [0.4, 0.5) is 0 Å². The first-order chi connectivity index (χ1) is 16.2. The number of hydrogen-bond acceptors (Lipinski definition) is 6. The van der Waals surface area contributed by atoms with Crippen molar-refractivity contribution in [3.8, 4) is 11.5 Å². The number of benzene rings is 3. The van der Waals surface area contributed by atoms with Crippen LogP contribution in [0.5, 0.6) is 11.5 Å². The van der Waals surface area contributed by atoms with Gasteiger partial charge in [0, 0.05) is 16.6 Å². The van der Waals surface area contributed by atoms with E-state index >= 15 is 0 Å². The van der Waals surface area contributed by atoms with Gasteiger partial charge in [-0.15, -0.1) is 0 Å². The molecular formula is C24H24BrN3O5S. The number of rotatable bonds is 9. The molecule has 0 aliphatic rings. The number of hydrazone groups is 1. The minimum absolute atomic E-state index is 0.00643. The van der Waals surface area contributed by atoms with Crippen LogP contribution in [-0.2, 0) is 21.4 Å². The molecule has 34 heavy (non-hydrogen) atoms. The summed E-state index contributed by atoms with van der Waals surface area (Å²) in [5.74, 6) is -0.492. The first kappa shape index (κ1) is 25.4. The third kappa shape index (κ3) is 6.43. The van der Waals surface area contributed by atoms with Crippen LogP contribution in [-0.4, -0.2) is 43.6 Å². The zero-order valence-corrected chi connectivity index (χ0v) is 21.0. The predicted molar refractivity (Wildman–Crippen MR) is 133 cm³/mol. The van der Waals surface area contributed by atoms with Crippen molar-refractivity contribution in [2.24, 2.45) is 5.10 Å². The predicted octanol–water partition coefficient (Wildman–Crippen LogP) is 3.81. The topological polar surface area (TPSA) is 108 Å². The Hall–Kier alpha value is -3.21. The molecule has 0 spiro atoms. The third-order valence-electron chi connectivity index (χ3n) is 4.89. The number of nitrogens with one attached hydrogen (secondary N) is 1. The molecule has 2 N–H and O–H groups in total. The number of ether oxygens (including phenoxy) is 1. The van der Waals surface area contributed by atoms with E-state index in [2.05, 4.69) is 26.5 Å². The van der Waals surface area contributed by atoms with Crippen LogP contribution < -0.4 is 10.2 Å². The van der Waals surface area contributed by atoms with E-state index in [1.807, 2.05) is 31.2 Å². The Morgan fingerprint density at radius 1 is 1.12 bits per heavy atom. The number of amides is 1. The second-order valence-electron chi connectivity index (χ2n) is 7.40. The average Bonchev–Trinajstić information content (AvgIpc) is 2.81. The minimum Gasteiger partial charge on any atom is -0.504 e. The summed E-state index contributed by atoms with van der Waals surface area (Å²) in [7, 11) is -2.55. The van der Waals surface area contributed by atoms with Gasteiger partial charge >= 0.3 is 0 Å². The molecule has 0 saturated heterocycles. The largest absolute Gasteiger partial charge is 0.504 e. The number of para-hydroxylation sites is 1. The first-order valence-corrected chi connectivity index (χ1v) is 12.4. The number of nitrogens with zero attached hydrogens (tertiary/aromatic N) is 2. The SMILES string of the molecule is COc1cccc(/C=N\NC(=O)CN(Cc2ccc(C)cc2)S(=O)(=O)c2ccc(Br)cc2)c1O. The summed E-state index contributed by atoms with van der Waals surface area (Å²) in [4.78, 5) is 12.7. The van der Waals surface area contributed by atoms with Crippen molar-refractivity contribution in [3.05, 3.63) is 87.9 Å². The summed E-state index contributed by atoms with van der Waals surface area (Å²) in [5, 5.41) is 14.0. The molecular weight excluding hydrogens is 522 g/mol. The molecule has 10 heteroatoms. The Bertz CT molecular complexity index is 1280. The van der Waals surface area contributed by atoms with Gasteiger partial charge in [0.05, 0.1) is 24.8 Å². The Morgan fingerprint density at radius 2 is 1.79 bits per heavy atom. The van der Waals surface area contributed by atoms with Crippen molar-refractivity contribution < 1.29 is 23.1 Å². The number of phenolic OH excluding ortho intramolecular Hbond substituents is 1. The maximum absolute atomic E-state index is 13.3. The monoisotopic (exact) mass is 545 g/mol. The van der Waals surface area contributed by atoms with Gasteiger partial charge in [0.2, 0.25) is 10.0 Å². The average molecular weight is 546 g/mol. The van der Waals surface area contributed by atoms with Crippen molar-refractivity contribution >= 4 is 38.1 Å². The van der Waals surface area contributed by atoms with Gasteiger partial charge < -0.3 is 9.84 Å². The standard InChI is InChI=1S/C24H24BrN3O5S/c1-17-6-8-18(9-7-17)15-28(34(31,32)21-12-10-20(25)11-13-21)16-23(29)27-26-14-19-4-3-5-22(33-2)24(19)30/h3-14,30H,15-16H2,1-2H3,(H,27,29)/b26-14-. The third-order valence-corrected chi connectivity index (χ3v) is 7.23. The Morgan fingerprint density at radius 3 is 2.44 bits per heavy atom. The van der Waals surface area contributed by atoms with E-state index in [1.54, 1.807) is 30.3 Å². The van der Waals surface area contributed by atoms with Gasteiger partial charge in [-0.1, -0.05) is 51.8 Å². The fraction of sp³-hybridized carbons (Fsp3) is 0.167. The first-order valence-electron chi connectivity index (χ1n) is 10.2. The molecule has 0 unspecified atom stereocenters. The number of sulfonamides is 1. The molecule has 0 aliphatic carbocycles. The van der Waals surface area contributed by atoms with Gasteiger partial charge in [-0.25, -0.2) is 13.8 Å². The number of aromatic hydroxyl groups is 1. The minimum atomic E-state index is -3.97. The zero-order chi connectivity index (χ0) is 24.7. The summed E-state index contributed by atoms with van der Waals surface area (Å²) in [5.41, 5.74) is 4.43. The molecule has 0 fully saturated rings. The number of phenols is 1. The van der Waals surface area contributed by atoms with Gasteiger partial charge in [-0.3, -0.25) is 4.79 Å². The van der Waals surface area contributed by atoms with Crippen molar-refractivity contribution in [3.63, 3.8) is 0 Å². The number of methoxy groups -OCH3 is 1. The highest BCUT2D eigenvalue weighted by atomic mass is 79.9. The second kappa shape index (κ2) is 11.3. The Labute approximate surface area is 207 Å². The molecule has 3 aromatic rings. The molecule has 0 radical (unpaired) electrons. The molecule has 1 amide bonds. The lowest BCUT2D eigenvalue weighted by atomic mass is 10.1. The number of halogens is 1. The molecule has 3 aromatic carbocycles. The number of aryl methyl sites for hydroxylation is 1. The molecule has 0 atom stereocenters. The quantitative estimate of drug-likeness (QED) is 0.314. The molecule has 0 heterocycles. The Kier molecular flexibility index (Phi) is 8.43. The molecule has 8 nitrogen and oxygen atoms in total. The van der Waals surface area contributed by atoms with E-state index in [4.69, 9.17) is 4.74 Å².